The first-order valence-electron chi connectivity index (χ1n) is 9.12. The summed E-state index contributed by atoms with van der Waals surface area (Å²) in [7, 11) is -0.735. The zero-order valence-corrected chi connectivity index (χ0v) is 17.1. The first kappa shape index (κ1) is 18.8. The Labute approximate surface area is 165 Å². The highest BCUT2D eigenvalue weighted by atomic mass is 32.2. The van der Waals surface area contributed by atoms with Crippen molar-refractivity contribution in [2.24, 2.45) is 0 Å². The molecule has 28 heavy (non-hydrogen) atoms. The monoisotopic (exact) mass is 401 g/mol. The first-order valence-corrected chi connectivity index (χ1v) is 10.7. The van der Waals surface area contributed by atoms with E-state index in [0.29, 0.717) is 23.5 Å². The molecule has 0 aromatic heterocycles. The van der Waals surface area contributed by atoms with Crippen molar-refractivity contribution in [2.45, 2.75) is 42.1 Å². The minimum atomic E-state index is -3.89. The van der Waals surface area contributed by atoms with E-state index in [9.17, 15) is 13.2 Å². The van der Waals surface area contributed by atoms with Crippen molar-refractivity contribution in [3.05, 3.63) is 53.6 Å². The largest absolute Gasteiger partial charge is 0.497 e. The van der Waals surface area contributed by atoms with Gasteiger partial charge in [0.2, 0.25) is 5.91 Å². The third-order valence-electron chi connectivity index (χ3n) is 5.88. The topological polar surface area (TPSA) is 72.9 Å². The van der Waals surface area contributed by atoms with Crippen LogP contribution < -0.4 is 9.47 Å². The molecule has 1 fully saturated rings. The number of rotatable bonds is 3. The molecule has 3 atom stereocenters. The molecule has 6 nitrogen and oxygen atoms in total. The van der Waals surface area contributed by atoms with Crippen LogP contribution in [0.1, 0.15) is 30.4 Å². The second-order valence-corrected chi connectivity index (χ2v) is 9.74. The lowest BCUT2D eigenvalue weighted by Gasteiger charge is -2.51. The van der Waals surface area contributed by atoms with Gasteiger partial charge in [0.15, 0.2) is 20.8 Å². The van der Waals surface area contributed by atoms with Gasteiger partial charge in [0.25, 0.3) is 0 Å². The molecule has 0 spiro atoms. The van der Waals surface area contributed by atoms with E-state index in [1.54, 1.807) is 56.6 Å². The molecule has 2 aliphatic rings. The Bertz CT molecular complexity index is 1050. The Morgan fingerprint density at radius 1 is 1.18 bits per heavy atom. The lowest BCUT2D eigenvalue weighted by atomic mass is 9.80. The number of piperidine rings is 1. The van der Waals surface area contributed by atoms with Gasteiger partial charge in [-0.05, 0) is 44.2 Å². The molecule has 2 aromatic rings. The highest BCUT2D eigenvalue weighted by Gasteiger charge is 2.57. The van der Waals surface area contributed by atoms with E-state index >= 15 is 0 Å². The molecule has 2 heterocycles. The third-order valence-corrected chi connectivity index (χ3v) is 8.01. The normalized spacial score (nSPS) is 26.4. The van der Waals surface area contributed by atoms with Crippen LogP contribution in [0, 0.1) is 6.92 Å². The zero-order chi connectivity index (χ0) is 20.3. The van der Waals surface area contributed by atoms with Gasteiger partial charge in [-0.15, -0.1) is 0 Å². The van der Waals surface area contributed by atoms with Crippen LogP contribution in [0.3, 0.4) is 0 Å². The van der Waals surface area contributed by atoms with Crippen LogP contribution in [0.2, 0.25) is 0 Å². The number of amides is 1. The van der Waals surface area contributed by atoms with Gasteiger partial charge in [-0.2, -0.15) is 0 Å². The predicted molar refractivity (Wildman–Crippen MR) is 104 cm³/mol. The third kappa shape index (κ3) is 2.68. The summed E-state index contributed by atoms with van der Waals surface area (Å²) in [5.41, 5.74) is 0.765. The van der Waals surface area contributed by atoms with Crippen LogP contribution in [0.15, 0.2) is 47.4 Å². The van der Waals surface area contributed by atoms with Crippen LogP contribution in [-0.2, 0) is 14.6 Å². The number of carbonyl (C=O) groups excluding carboxylic acids is 1. The number of hydrogen-bond donors (Lipinski definition) is 0. The second kappa shape index (κ2) is 6.24. The van der Waals surface area contributed by atoms with Crippen LogP contribution in [0.25, 0.3) is 0 Å². The molecule has 7 heteroatoms. The summed E-state index contributed by atoms with van der Waals surface area (Å²) in [4.78, 5) is 14.8. The van der Waals surface area contributed by atoms with Crippen molar-refractivity contribution in [1.29, 1.82) is 0 Å². The van der Waals surface area contributed by atoms with Crippen molar-refractivity contribution >= 4 is 15.7 Å². The Balaban J connectivity index is 1.89. The SMILES string of the molecule is COc1ccc2c(c1)[C@H]1C[C@](C)(O2)N(C)C(=O)[C@H]1S(=O)(=O)c1ccc(C)cc1. The zero-order valence-electron chi connectivity index (χ0n) is 16.3. The summed E-state index contributed by atoms with van der Waals surface area (Å²) >= 11 is 0. The number of carbonyl (C=O) groups is 1. The van der Waals surface area contributed by atoms with Gasteiger partial charge in [0, 0.05) is 24.9 Å². The quantitative estimate of drug-likeness (QED) is 0.791. The van der Waals surface area contributed by atoms with Crippen LogP contribution in [-0.4, -0.2) is 44.4 Å². The molecule has 2 aliphatic heterocycles. The van der Waals surface area contributed by atoms with Crippen molar-refractivity contribution in [3.8, 4) is 11.5 Å². The second-order valence-electron chi connectivity index (χ2n) is 7.67. The van der Waals surface area contributed by atoms with E-state index in [1.165, 1.54) is 4.90 Å². The summed E-state index contributed by atoms with van der Waals surface area (Å²) < 4.78 is 38.4. The van der Waals surface area contributed by atoms with Crippen LogP contribution in [0.4, 0.5) is 0 Å². The summed E-state index contributed by atoms with van der Waals surface area (Å²) in [5.74, 6) is 0.221. The molecule has 2 aromatic carbocycles. The summed E-state index contributed by atoms with van der Waals surface area (Å²) in [5, 5.41) is -1.21. The lowest BCUT2D eigenvalue weighted by molar-refractivity contribution is -0.159. The van der Waals surface area contributed by atoms with Crippen molar-refractivity contribution < 1.29 is 22.7 Å². The molecule has 0 aliphatic carbocycles. The Morgan fingerprint density at radius 3 is 2.50 bits per heavy atom. The highest BCUT2D eigenvalue weighted by molar-refractivity contribution is 7.92. The standard InChI is InChI=1S/C21H23NO5S/c1-13-5-8-15(9-6-13)28(24,25)19-17-12-21(2,22(3)20(19)23)27-18-10-7-14(26-4)11-16(17)18/h5-11,17,19H,12H2,1-4H3/t17-,19+,21+/m1/s1. The van der Waals surface area contributed by atoms with E-state index in [4.69, 9.17) is 9.47 Å². The smallest absolute Gasteiger partial charge is 0.244 e. The molecule has 148 valence electrons. The van der Waals surface area contributed by atoms with Gasteiger partial charge in [-0.1, -0.05) is 17.7 Å². The molecule has 2 bridgehead atoms. The molecular weight excluding hydrogens is 378 g/mol. The van der Waals surface area contributed by atoms with Gasteiger partial charge in [-0.3, -0.25) is 4.79 Å². The van der Waals surface area contributed by atoms with E-state index < -0.39 is 32.6 Å². The van der Waals surface area contributed by atoms with Crippen molar-refractivity contribution in [2.75, 3.05) is 14.2 Å². The Hall–Kier alpha value is -2.54. The molecule has 4 rings (SSSR count). The number of likely N-dealkylation sites (tertiary alicyclic amines) is 1. The van der Waals surface area contributed by atoms with E-state index in [-0.39, 0.29) is 4.90 Å². The molecule has 1 saturated heterocycles. The number of nitrogens with zero attached hydrogens (tertiary/aromatic N) is 1. The Morgan fingerprint density at radius 2 is 1.86 bits per heavy atom. The van der Waals surface area contributed by atoms with Crippen molar-refractivity contribution in [3.63, 3.8) is 0 Å². The first-order chi connectivity index (χ1) is 13.2. The van der Waals surface area contributed by atoms with E-state index in [0.717, 1.165) is 5.56 Å². The highest BCUT2D eigenvalue weighted by Crippen LogP contribution is 2.50. The fraction of sp³-hybridized carbons (Fsp3) is 0.381. The fourth-order valence-corrected chi connectivity index (χ4v) is 6.04. The summed E-state index contributed by atoms with van der Waals surface area (Å²) in [6.45, 7) is 3.71. The number of ether oxygens (including phenoxy) is 2. The number of aryl methyl sites for hydroxylation is 1. The molecule has 0 radical (unpaired) electrons. The Kier molecular flexibility index (Phi) is 4.19. The lowest BCUT2D eigenvalue weighted by Crippen LogP contribution is -2.64. The molecule has 1 amide bonds. The molecule has 0 unspecified atom stereocenters. The number of fused-ring (bicyclic) bond motifs is 4. The fourth-order valence-electron chi connectivity index (χ4n) is 4.13. The van der Waals surface area contributed by atoms with E-state index in [1.807, 2.05) is 13.8 Å². The van der Waals surface area contributed by atoms with Gasteiger partial charge >= 0.3 is 0 Å². The predicted octanol–water partition coefficient (Wildman–Crippen LogP) is 2.90. The number of benzene rings is 2. The maximum atomic E-state index is 13.5. The number of hydrogen-bond acceptors (Lipinski definition) is 5. The van der Waals surface area contributed by atoms with E-state index in [2.05, 4.69) is 0 Å². The van der Waals surface area contributed by atoms with Crippen LogP contribution in [0.5, 0.6) is 11.5 Å². The maximum absolute atomic E-state index is 13.5. The van der Waals surface area contributed by atoms with Gasteiger partial charge in [0.1, 0.15) is 11.5 Å². The summed E-state index contributed by atoms with van der Waals surface area (Å²) in [6, 6.07) is 11.9. The average Bonchev–Trinajstić information content (AvgIpc) is 2.66. The average molecular weight is 401 g/mol. The van der Waals surface area contributed by atoms with Gasteiger partial charge < -0.3 is 14.4 Å². The van der Waals surface area contributed by atoms with Crippen molar-refractivity contribution in [1.82, 2.24) is 4.90 Å². The molecular formula is C21H23NO5S. The molecule has 0 saturated carbocycles. The van der Waals surface area contributed by atoms with Gasteiger partial charge in [0.05, 0.1) is 12.0 Å². The molecule has 0 N–H and O–H groups in total. The summed E-state index contributed by atoms with van der Waals surface area (Å²) in [6.07, 6.45) is 0.394. The number of sulfone groups is 1. The number of methoxy groups -OCH3 is 1. The minimum Gasteiger partial charge on any atom is -0.497 e. The minimum absolute atomic E-state index is 0.157. The van der Waals surface area contributed by atoms with Gasteiger partial charge in [-0.25, -0.2) is 8.42 Å². The maximum Gasteiger partial charge on any atom is 0.244 e. The van der Waals surface area contributed by atoms with Crippen LogP contribution >= 0.6 is 0 Å².